The van der Waals surface area contributed by atoms with Crippen molar-refractivity contribution in [3.63, 3.8) is 0 Å². The molecule has 1 N–H and O–H groups in total. The van der Waals surface area contributed by atoms with Crippen molar-refractivity contribution in [2.24, 2.45) is 0 Å². The number of rotatable bonds is 7. The zero-order chi connectivity index (χ0) is 10.2. The van der Waals surface area contributed by atoms with Crippen molar-refractivity contribution in [1.29, 1.82) is 0 Å². The Balaban J connectivity index is 3.93. The maximum Gasteiger partial charge on any atom is 0.0756 e. The van der Waals surface area contributed by atoms with Gasteiger partial charge in [-0.3, -0.25) is 0 Å². The van der Waals surface area contributed by atoms with Crippen LogP contribution in [0.1, 0.15) is 58.8 Å². The summed E-state index contributed by atoms with van der Waals surface area (Å²) < 4.78 is 0. The molecule has 0 heterocycles. The van der Waals surface area contributed by atoms with E-state index in [1.165, 1.54) is 0 Å². The van der Waals surface area contributed by atoms with Crippen molar-refractivity contribution in [2.75, 3.05) is 0 Å². The molecule has 0 atom stereocenters. The third-order valence-corrected chi connectivity index (χ3v) is 2.42. The summed E-state index contributed by atoms with van der Waals surface area (Å²) in [5, 5.41) is 10.1. The van der Waals surface area contributed by atoms with Crippen LogP contribution >= 0.6 is 0 Å². The molecule has 0 amide bonds. The smallest absolute Gasteiger partial charge is 0.0756 e. The van der Waals surface area contributed by atoms with E-state index in [9.17, 15) is 5.11 Å². The van der Waals surface area contributed by atoms with E-state index in [0.717, 1.165) is 38.5 Å². The van der Waals surface area contributed by atoms with Crippen LogP contribution < -0.4 is 0 Å². The zero-order valence-electron chi connectivity index (χ0n) is 8.97. The molecule has 13 heavy (non-hydrogen) atoms. The Bertz CT molecular complexity index is 147. The van der Waals surface area contributed by atoms with E-state index in [0.29, 0.717) is 6.42 Å². The van der Waals surface area contributed by atoms with E-state index < -0.39 is 5.60 Å². The van der Waals surface area contributed by atoms with Crippen LogP contribution in [0.2, 0.25) is 0 Å². The molecule has 0 spiro atoms. The van der Waals surface area contributed by atoms with Gasteiger partial charge >= 0.3 is 0 Å². The maximum atomic E-state index is 10.1. The van der Waals surface area contributed by atoms with E-state index in [1.807, 2.05) is 0 Å². The van der Waals surface area contributed by atoms with Gasteiger partial charge in [0.05, 0.1) is 5.60 Å². The minimum atomic E-state index is -0.583. The van der Waals surface area contributed by atoms with Gasteiger partial charge in [0.15, 0.2) is 0 Å². The lowest BCUT2D eigenvalue weighted by Gasteiger charge is -2.25. The van der Waals surface area contributed by atoms with Crippen molar-refractivity contribution >= 4 is 0 Å². The van der Waals surface area contributed by atoms with Crippen molar-refractivity contribution in [1.82, 2.24) is 0 Å². The van der Waals surface area contributed by atoms with Crippen molar-refractivity contribution in [3.05, 3.63) is 0 Å². The minimum Gasteiger partial charge on any atom is -0.389 e. The highest BCUT2D eigenvalue weighted by Gasteiger charge is 2.23. The molecule has 0 aliphatic carbocycles. The van der Waals surface area contributed by atoms with E-state index in [4.69, 9.17) is 6.42 Å². The van der Waals surface area contributed by atoms with Gasteiger partial charge in [-0.15, -0.1) is 12.3 Å². The normalized spacial score (nSPS) is 11.2. The van der Waals surface area contributed by atoms with Gasteiger partial charge in [-0.25, -0.2) is 0 Å². The summed E-state index contributed by atoms with van der Waals surface area (Å²) in [6, 6.07) is 0. The average molecular weight is 182 g/mol. The predicted molar refractivity (Wildman–Crippen MR) is 57.4 cm³/mol. The van der Waals surface area contributed by atoms with Crippen LogP contribution in [-0.4, -0.2) is 10.7 Å². The Kier molecular flexibility index (Phi) is 6.72. The Labute approximate surface area is 82.5 Å². The van der Waals surface area contributed by atoms with Crippen molar-refractivity contribution in [2.45, 2.75) is 64.4 Å². The molecule has 0 saturated heterocycles. The van der Waals surface area contributed by atoms with Gasteiger partial charge in [0.1, 0.15) is 0 Å². The number of hydrogen-bond acceptors (Lipinski definition) is 1. The monoisotopic (exact) mass is 182 g/mol. The first-order valence-electron chi connectivity index (χ1n) is 5.34. The Morgan fingerprint density at radius 1 is 1.15 bits per heavy atom. The highest BCUT2D eigenvalue weighted by molar-refractivity contribution is 4.95. The second-order valence-corrected chi connectivity index (χ2v) is 3.81. The lowest BCUT2D eigenvalue weighted by atomic mass is 9.88. The molecule has 0 aromatic carbocycles. The first-order valence-corrected chi connectivity index (χ1v) is 5.34. The van der Waals surface area contributed by atoms with Crippen molar-refractivity contribution in [3.8, 4) is 12.3 Å². The quantitative estimate of drug-likeness (QED) is 0.600. The van der Waals surface area contributed by atoms with Crippen LogP contribution in [0.15, 0.2) is 0 Å². The first kappa shape index (κ1) is 12.5. The summed E-state index contributed by atoms with van der Waals surface area (Å²) in [6.45, 7) is 4.27. The molecule has 1 nitrogen and oxygen atoms in total. The largest absolute Gasteiger partial charge is 0.389 e. The van der Waals surface area contributed by atoms with Crippen LogP contribution in [0.3, 0.4) is 0 Å². The molecule has 76 valence electrons. The fraction of sp³-hybridized carbons (Fsp3) is 0.833. The molecule has 0 aromatic rings. The summed E-state index contributed by atoms with van der Waals surface area (Å²) in [5.41, 5.74) is -0.583. The number of unbranched alkanes of at least 4 members (excludes halogenated alkanes) is 2. The molecule has 0 aromatic heterocycles. The van der Waals surface area contributed by atoms with E-state index >= 15 is 0 Å². The summed E-state index contributed by atoms with van der Waals surface area (Å²) in [6.07, 6.45) is 11.9. The molecular formula is C12H22O. The van der Waals surface area contributed by atoms with Gasteiger partial charge in [-0.05, 0) is 12.8 Å². The van der Waals surface area contributed by atoms with E-state index in [-0.39, 0.29) is 0 Å². The van der Waals surface area contributed by atoms with Crippen LogP contribution in [0, 0.1) is 12.3 Å². The van der Waals surface area contributed by atoms with Crippen LogP contribution in [0.25, 0.3) is 0 Å². The molecule has 0 rings (SSSR count). The zero-order valence-corrected chi connectivity index (χ0v) is 8.97. The summed E-state index contributed by atoms with van der Waals surface area (Å²) in [5.74, 6) is 2.58. The lowest BCUT2D eigenvalue weighted by Crippen LogP contribution is -2.27. The summed E-state index contributed by atoms with van der Waals surface area (Å²) in [4.78, 5) is 0. The van der Waals surface area contributed by atoms with Gasteiger partial charge in [0, 0.05) is 6.42 Å². The van der Waals surface area contributed by atoms with Gasteiger partial charge in [-0.2, -0.15) is 0 Å². The van der Waals surface area contributed by atoms with Gasteiger partial charge in [0.25, 0.3) is 0 Å². The van der Waals surface area contributed by atoms with Gasteiger partial charge in [-0.1, -0.05) is 39.5 Å². The van der Waals surface area contributed by atoms with Crippen molar-refractivity contribution < 1.29 is 5.11 Å². The summed E-state index contributed by atoms with van der Waals surface area (Å²) >= 11 is 0. The van der Waals surface area contributed by atoms with Crippen LogP contribution in [-0.2, 0) is 0 Å². The fourth-order valence-corrected chi connectivity index (χ4v) is 1.50. The molecule has 0 radical (unpaired) electrons. The highest BCUT2D eigenvalue weighted by atomic mass is 16.3. The second kappa shape index (κ2) is 6.97. The predicted octanol–water partition coefficient (Wildman–Crippen LogP) is 3.12. The maximum absolute atomic E-state index is 10.1. The molecule has 0 aliphatic rings. The molecular weight excluding hydrogens is 160 g/mol. The molecule has 0 aliphatic heterocycles. The second-order valence-electron chi connectivity index (χ2n) is 3.81. The Hall–Kier alpha value is -0.480. The first-order chi connectivity index (χ1) is 6.18. The SMILES string of the molecule is C#CCC(O)(CCCC)CCCC. The molecule has 0 saturated carbocycles. The van der Waals surface area contributed by atoms with E-state index in [1.54, 1.807) is 0 Å². The van der Waals surface area contributed by atoms with Crippen LogP contribution in [0.4, 0.5) is 0 Å². The molecule has 1 heteroatoms. The average Bonchev–Trinajstić information content (AvgIpc) is 2.12. The molecule has 0 bridgehead atoms. The van der Waals surface area contributed by atoms with Gasteiger partial charge < -0.3 is 5.11 Å². The number of terminal acetylenes is 1. The fourth-order valence-electron chi connectivity index (χ4n) is 1.50. The number of hydrogen-bond donors (Lipinski definition) is 1. The third-order valence-electron chi connectivity index (χ3n) is 2.42. The highest BCUT2D eigenvalue weighted by Crippen LogP contribution is 2.24. The third kappa shape index (κ3) is 5.71. The summed E-state index contributed by atoms with van der Waals surface area (Å²) in [7, 11) is 0. The lowest BCUT2D eigenvalue weighted by molar-refractivity contribution is 0.0235. The Morgan fingerprint density at radius 2 is 1.62 bits per heavy atom. The van der Waals surface area contributed by atoms with Crippen LogP contribution in [0.5, 0.6) is 0 Å². The number of aliphatic hydroxyl groups is 1. The molecule has 0 fully saturated rings. The van der Waals surface area contributed by atoms with Gasteiger partial charge in [0.2, 0.25) is 0 Å². The standard InChI is InChI=1S/C12H22O/c1-4-7-10-12(13,9-6-3)11-8-5-2/h3,13H,4-5,7-11H2,1-2H3. The Morgan fingerprint density at radius 3 is 1.92 bits per heavy atom. The topological polar surface area (TPSA) is 20.2 Å². The van der Waals surface area contributed by atoms with E-state index in [2.05, 4.69) is 19.8 Å². The minimum absolute atomic E-state index is 0.507. The molecule has 0 unspecified atom stereocenters.